The number of anilines is 3. The quantitative estimate of drug-likeness (QED) is 0.668. The van der Waals surface area contributed by atoms with Crippen LogP contribution in [0.15, 0.2) is 54.6 Å². The van der Waals surface area contributed by atoms with Crippen molar-refractivity contribution in [3.8, 4) is 11.3 Å². The molecule has 1 aromatic heterocycles. The van der Waals surface area contributed by atoms with Gasteiger partial charge in [-0.25, -0.2) is 4.79 Å². The Kier molecular flexibility index (Phi) is 6.13. The summed E-state index contributed by atoms with van der Waals surface area (Å²) in [5, 5.41) is 14.6. The van der Waals surface area contributed by atoms with Gasteiger partial charge in [0.25, 0.3) is 0 Å². The van der Waals surface area contributed by atoms with Gasteiger partial charge in [-0.1, -0.05) is 18.2 Å². The molecule has 160 valence electrons. The average Bonchev–Trinajstić information content (AvgIpc) is 2.74. The van der Waals surface area contributed by atoms with Crippen LogP contribution in [0, 0.1) is 13.8 Å². The first-order valence-corrected chi connectivity index (χ1v) is 10.5. The van der Waals surface area contributed by atoms with Crippen LogP contribution in [0.5, 0.6) is 0 Å². The van der Waals surface area contributed by atoms with Crippen molar-refractivity contribution in [1.82, 2.24) is 15.1 Å². The third-order valence-electron chi connectivity index (χ3n) is 5.37. The van der Waals surface area contributed by atoms with Gasteiger partial charge in [0.1, 0.15) is 0 Å². The van der Waals surface area contributed by atoms with Crippen LogP contribution in [0.25, 0.3) is 11.3 Å². The molecule has 0 radical (unpaired) electrons. The lowest BCUT2D eigenvalue weighted by atomic mass is 10.1. The number of carbonyl (C=O) groups is 1. The summed E-state index contributed by atoms with van der Waals surface area (Å²) in [6.07, 6.45) is 0. The van der Waals surface area contributed by atoms with Crippen molar-refractivity contribution < 1.29 is 4.79 Å². The molecule has 31 heavy (non-hydrogen) atoms. The maximum Gasteiger partial charge on any atom is 0.323 e. The molecular weight excluding hydrogens is 388 g/mol. The zero-order valence-corrected chi connectivity index (χ0v) is 18.2. The van der Waals surface area contributed by atoms with Crippen LogP contribution in [-0.4, -0.2) is 54.4 Å². The summed E-state index contributed by atoms with van der Waals surface area (Å²) in [6, 6.07) is 17.3. The maximum atomic E-state index is 12.4. The van der Waals surface area contributed by atoms with E-state index >= 15 is 0 Å². The molecule has 4 rings (SSSR count). The predicted molar refractivity (Wildman–Crippen MR) is 126 cm³/mol. The molecule has 1 fully saturated rings. The molecule has 3 aromatic rings. The third-order valence-corrected chi connectivity index (χ3v) is 5.37. The number of likely N-dealkylation sites (N-methyl/N-ethyl adjacent to an activating group) is 1. The van der Waals surface area contributed by atoms with E-state index in [-0.39, 0.29) is 6.03 Å². The zero-order chi connectivity index (χ0) is 21.8. The van der Waals surface area contributed by atoms with Gasteiger partial charge in [0.2, 0.25) is 0 Å². The number of piperazine rings is 1. The zero-order valence-electron chi connectivity index (χ0n) is 18.2. The Morgan fingerprint density at radius 1 is 0.839 bits per heavy atom. The molecule has 0 unspecified atom stereocenters. The first-order valence-electron chi connectivity index (χ1n) is 10.5. The lowest BCUT2D eigenvalue weighted by Crippen LogP contribution is -2.44. The standard InChI is InChI=1S/C24H28N6O/c1-17-13-18(2)15-21(14-17)26-24(31)25-20-6-4-5-19(16-20)22-7-8-23(28-27-22)30-11-9-29(3)10-12-30/h4-8,13-16H,9-12H2,1-3H3,(H2,25,26,31). The molecule has 2 amide bonds. The Bertz CT molecular complexity index is 1040. The molecule has 2 heterocycles. The number of nitrogens with zero attached hydrogens (tertiary/aromatic N) is 4. The summed E-state index contributed by atoms with van der Waals surface area (Å²) < 4.78 is 0. The minimum atomic E-state index is -0.279. The molecule has 2 N–H and O–H groups in total. The van der Waals surface area contributed by atoms with E-state index in [2.05, 4.69) is 43.7 Å². The molecule has 2 aromatic carbocycles. The van der Waals surface area contributed by atoms with E-state index in [1.54, 1.807) is 0 Å². The van der Waals surface area contributed by atoms with Gasteiger partial charge < -0.3 is 20.4 Å². The molecule has 0 atom stereocenters. The first-order chi connectivity index (χ1) is 15.0. The van der Waals surface area contributed by atoms with Crippen molar-refractivity contribution in [1.29, 1.82) is 0 Å². The highest BCUT2D eigenvalue weighted by Gasteiger charge is 2.15. The van der Waals surface area contributed by atoms with Gasteiger partial charge in [0, 0.05) is 43.1 Å². The first kappa shape index (κ1) is 20.8. The molecule has 1 saturated heterocycles. The highest BCUT2D eigenvalue weighted by molar-refractivity contribution is 6.00. The molecule has 0 bridgehead atoms. The fraction of sp³-hybridized carbons (Fsp3) is 0.292. The number of nitrogens with one attached hydrogen (secondary N) is 2. The topological polar surface area (TPSA) is 73.4 Å². The van der Waals surface area contributed by atoms with E-state index < -0.39 is 0 Å². The summed E-state index contributed by atoms with van der Waals surface area (Å²) in [7, 11) is 2.13. The maximum absolute atomic E-state index is 12.4. The van der Waals surface area contributed by atoms with Crippen molar-refractivity contribution in [3.63, 3.8) is 0 Å². The number of hydrogen-bond acceptors (Lipinski definition) is 5. The average molecular weight is 417 g/mol. The number of urea groups is 1. The van der Waals surface area contributed by atoms with Gasteiger partial charge in [-0.05, 0) is 68.4 Å². The second kappa shape index (κ2) is 9.14. The van der Waals surface area contributed by atoms with E-state index in [9.17, 15) is 4.79 Å². The molecule has 1 aliphatic heterocycles. The van der Waals surface area contributed by atoms with Crippen LogP contribution in [0.3, 0.4) is 0 Å². The monoisotopic (exact) mass is 416 g/mol. The highest BCUT2D eigenvalue weighted by atomic mass is 16.2. The molecule has 0 aliphatic carbocycles. The van der Waals surface area contributed by atoms with E-state index in [1.807, 2.05) is 62.4 Å². The van der Waals surface area contributed by atoms with Gasteiger partial charge in [0.15, 0.2) is 5.82 Å². The summed E-state index contributed by atoms with van der Waals surface area (Å²) in [4.78, 5) is 17.0. The van der Waals surface area contributed by atoms with Crippen LogP contribution >= 0.6 is 0 Å². The Balaban J connectivity index is 1.42. The van der Waals surface area contributed by atoms with E-state index in [1.165, 1.54) is 0 Å². The number of carbonyl (C=O) groups excluding carboxylic acids is 1. The van der Waals surface area contributed by atoms with Crippen molar-refractivity contribution in [2.24, 2.45) is 0 Å². The van der Waals surface area contributed by atoms with Gasteiger partial charge >= 0.3 is 6.03 Å². The number of aromatic nitrogens is 2. The summed E-state index contributed by atoms with van der Waals surface area (Å²) >= 11 is 0. The van der Waals surface area contributed by atoms with Crippen LogP contribution in [0.1, 0.15) is 11.1 Å². The molecule has 0 spiro atoms. The van der Waals surface area contributed by atoms with Crippen LogP contribution < -0.4 is 15.5 Å². The number of benzene rings is 2. The molecule has 7 nitrogen and oxygen atoms in total. The van der Waals surface area contributed by atoms with Crippen LogP contribution in [0.4, 0.5) is 22.0 Å². The van der Waals surface area contributed by atoms with E-state index in [4.69, 9.17) is 0 Å². The molecule has 0 saturated carbocycles. The van der Waals surface area contributed by atoms with E-state index in [0.717, 1.165) is 60.1 Å². The summed E-state index contributed by atoms with van der Waals surface area (Å²) in [5.41, 5.74) is 5.37. The second-order valence-corrected chi connectivity index (χ2v) is 8.10. The Morgan fingerprint density at radius 2 is 1.55 bits per heavy atom. The lowest BCUT2D eigenvalue weighted by Gasteiger charge is -2.32. The number of amides is 2. The van der Waals surface area contributed by atoms with Gasteiger partial charge in [-0.2, -0.15) is 0 Å². The number of rotatable bonds is 4. The lowest BCUT2D eigenvalue weighted by molar-refractivity contribution is 0.262. The molecule has 7 heteroatoms. The largest absolute Gasteiger partial charge is 0.353 e. The Morgan fingerprint density at radius 3 is 2.23 bits per heavy atom. The van der Waals surface area contributed by atoms with Crippen molar-refractivity contribution in [3.05, 3.63) is 65.7 Å². The summed E-state index contributed by atoms with van der Waals surface area (Å²) in [6.45, 7) is 7.99. The fourth-order valence-corrected chi connectivity index (χ4v) is 3.78. The van der Waals surface area contributed by atoms with Crippen molar-refractivity contribution in [2.45, 2.75) is 13.8 Å². The fourth-order valence-electron chi connectivity index (χ4n) is 3.78. The van der Waals surface area contributed by atoms with Gasteiger partial charge in [-0.15, -0.1) is 10.2 Å². The van der Waals surface area contributed by atoms with Crippen LogP contribution in [0.2, 0.25) is 0 Å². The van der Waals surface area contributed by atoms with Crippen molar-refractivity contribution in [2.75, 3.05) is 48.8 Å². The Labute approximate surface area is 183 Å². The Hall–Kier alpha value is -3.45. The summed E-state index contributed by atoms with van der Waals surface area (Å²) in [5.74, 6) is 0.902. The van der Waals surface area contributed by atoms with Gasteiger partial charge in [0.05, 0.1) is 5.69 Å². The van der Waals surface area contributed by atoms with Gasteiger partial charge in [-0.3, -0.25) is 0 Å². The molecular formula is C24H28N6O. The second-order valence-electron chi connectivity index (χ2n) is 8.10. The minimum Gasteiger partial charge on any atom is -0.353 e. The number of hydrogen-bond donors (Lipinski definition) is 2. The molecule has 1 aliphatic rings. The smallest absolute Gasteiger partial charge is 0.323 e. The normalized spacial score (nSPS) is 14.4. The minimum absolute atomic E-state index is 0.279. The highest BCUT2D eigenvalue weighted by Crippen LogP contribution is 2.23. The van der Waals surface area contributed by atoms with Crippen molar-refractivity contribution >= 4 is 23.2 Å². The number of aryl methyl sites for hydroxylation is 2. The SMILES string of the molecule is Cc1cc(C)cc(NC(=O)Nc2cccc(-c3ccc(N4CCN(C)CC4)nn3)c2)c1. The van der Waals surface area contributed by atoms with Crippen LogP contribution in [-0.2, 0) is 0 Å². The third kappa shape index (κ3) is 5.38. The van der Waals surface area contributed by atoms with E-state index in [0.29, 0.717) is 5.69 Å². The predicted octanol–water partition coefficient (Wildman–Crippen LogP) is 4.16.